The summed E-state index contributed by atoms with van der Waals surface area (Å²) in [6.07, 6.45) is 4.67. The number of fused-ring (bicyclic) bond motifs is 1. The molecule has 0 saturated carbocycles. The molecule has 0 bridgehead atoms. The van der Waals surface area contributed by atoms with E-state index in [2.05, 4.69) is 48.7 Å². The van der Waals surface area contributed by atoms with Crippen molar-refractivity contribution in [2.75, 3.05) is 5.32 Å². The van der Waals surface area contributed by atoms with Gasteiger partial charge in [-0.3, -0.25) is 13.8 Å². The van der Waals surface area contributed by atoms with Gasteiger partial charge in [0.15, 0.2) is 5.65 Å². The van der Waals surface area contributed by atoms with E-state index in [4.69, 9.17) is 4.98 Å². The van der Waals surface area contributed by atoms with Gasteiger partial charge in [-0.1, -0.05) is 31.2 Å². The van der Waals surface area contributed by atoms with Gasteiger partial charge in [-0.25, -0.2) is 4.98 Å². The Bertz CT molecular complexity index is 1230. The average Bonchev–Trinajstić information content (AvgIpc) is 3.03. The molecule has 0 fully saturated rings. The number of aryl methyl sites for hydroxylation is 4. The predicted molar refractivity (Wildman–Crippen MR) is 118 cm³/mol. The maximum Gasteiger partial charge on any atom is 0.255 e. The number of hydrogen-bond donors (Lipinski definition) is 1. The fraction of sp³-hybridized carbons (Fsp3) is 0.250. The Hall–Kier alpha value is -3.34. The molecule has 29 heavy (non-hydrogen) atoms. The van der Waals surface area contributed by atoms with E-state index in [1.165, 1.54) is 16.7 Å². The summed E-state index contributed by atoms with van der Waals surface area (Å²) in [5.41, 5.74) is 8.55. The summed E-state index contributed by atoms with van der Waals surface area (Å²) in [5, 5.41) is 3.58. The normalized spacial score (nSPS) is 11.2. The molecule has 3 heterocycles. The highest BCUT2D eigenvalue weighted by Gasteiger charge is 2.14. The van der Waals surface area contributed by atoms with Crippen LogP contribution in [0.15, 0.2) is 59.7 Å². The van der Waals surface area contributed by atoms with Gasteiger partial charge in [-0.2, -0.15) is 0 Å². The number of rotatable bonds is 5. The molecule has 0 radical (unpaired) electrons. The topological polar surface area (TPSA) is 51.3 Å². The van der Waals surface area contributed by atoms with Gasteiger partial charge in [0.2, 0.25) is 0 Å². The highest BCUT2D eigenvalue weighted by Crippen LogP contribution is 2.25. The molecule has 148 valence electrons. The first kappa shape index (κ1) is 19.0. The molecule has 5 nitrogen and oxygen atoms in total. The van der Waals surface area contributed by atoms with Gasteiger partial charge in [-0.15, -0.1) is 0 Å². The van der Waals surface area contributed by atoms with Crippen molar-refractivity contribution in [1.82, 2.24) is 14.0 Å². The summed E-state index contributed by atoms with van der Waals surface area (Å²) in [6.45, 7) is 9.13. The minimum absolute atomic E-state index is 0.0533. The van der Waals surface area contributed by atoms with Gasteiger partial charge in [-0.05, 0) is 56.0 Å². The molecule has 3 aromatic heterocycles. The smallest absolute Gasteiger partial charge is 0.255 e. The van der Waals surface area contributed by atoms with Crippen LogP contribution in [-0.2, 0) is 13.0 Å². The average molecular weight is 386 g/mol. The largest absolute Gasteiger partial charge is 0.378 e. The number of hydrogen-bond acceptors (Lipinski definition) is 3. The van der Waals surface area contributed by atoms with E-state index in [9.17, 15) is 4.79 Å². The molecule has 0 atom stereocenters. The van der Waals surface area contributed by atoms with Crippen LogP contribution in [0.25, 0.3) is 11.3 Å². The van der Waals surface area contributed by atoms with E-state index in [1.54, 1.807) is 22.9 Å². The minimum Gasteiger partial charge on any atom is -0.378 e. The van der Waals surface area contributed by atoms with Crippen LogP contribution in [-0.4, -0.2) is 14.0 Å². The summed E-state index contributed by atoms with van der Waals surface area (Å²) in [7, 11) is 0. The number of nitrogens with zero attached hydrogens (tertiary/aromatic N) is 3. The third kappa shape index (κ3) is 3.44. The van der Waals surface area contributed by atoms with Crippen LogP contribution < -0.4 is 10.9 Å². The second-order valence-corrected chi connectivity index (χ2v) is 7.44. The number of anilines is 1. The zero-order valence-electron chi connectivity index (χ0n) is 17.4. The maximum atomic E-state index is 12.4. The van der Waals surface area contributed by atoms with Crippen molar-refractivity contribution < 1.29 is 0 Å². The van der Waals surface area contributed by atoms with E-state index < -0.39 is 0 Å². The molecule has 0 aliphatic rings. The summed E-state index contributed by atoms with van der Waals surface area (Å²) in [5.74, 6) is 0. The fourth-order valence-corrected chi connectivity index (χ4v) is 3.93. The van der Waals surface area contributed by atoms with Gasteiger partial charge in [0.25, 0.3) is 5.56 Å². The Kier molecular flexibility index (Phi) is 4.97. The highest BCUT2D eigenvalue weighted by atomic mass is 16.1. The molecule has 0 spiro atoms. The van der Waals surface area contributed by atoms with Crippen LogP contribution in [0.2, 0.25) is 0 Å². The molecule has 0 unspecified atom stereocenters. The van der Waals surface area contributed by atoms with Crippen molar-refractivity contribution in [3.63, 3.8) is 0 Å². The third-order valence-corrected chi connectivity index (χ3v) is 5.54. The van der Waals surface area contributed by atoms with E-state index in [-0.39, 0.29) is 5.56 Å². The number of aromatic nitrogens is 3. The number of nitrogens with one attached hydrogen (secondary N) is 1. The van der Waals surface area contributed by atoms with Gasteiger partial charge < -0.3 is 5.32 Å². The number of benzene rings is 1. The Morgan fingerprint density at radius 3 is 2.48 bits per heavy atom. The summed E-state index contributed by atoms with van der Waals surface area (Å²) in [6, 6.07) is 13.6. The molecule has 0 aliphatic carbocycles. The van der Waals surface area contributed by atoms with Crippen molar-refractivity contribution in [3.8, 4) is 5.69 Å². The molecule has 0 aliphatic heterocycles. The van der Waals surface area contributed by atoms with Gasteiger partial charge in [0.05, 0.1) is 17.1 Å². The first-order valence-electron chi connectivity index (χ1n) is 9.98. The first-order chi connectivity index (χ1) is 14.0. The van der Waals surface area contributed by atoms with E-state index >= 15 is 0 Å². The standard InChI is InChI=1S/C24H26N4O/c1-5-22-18(4)26-24-21(25-14-20-16(2)9-8-10-17(20)3)13-19(15-28(22)24)27-12-7-6-11-23(27)29/h6-13,15,25H,5,14H2,1-4H3. The lowest BCUT2D eigenvalue weighted by atomic mass is 10.0. The quantitative estimate of drug-likeness (QED) is 0.546. The summed E-state index contributed by atoms with van der Waals surface area (Å²) < 4.78 is 3.77. The second kappa shape index (κ2) is 7.59. The van der Waals surface area contributed by atoms with Crippen LogP contribution in [0.1, 0.15) is 35.0 Å². The van der Waals surface area contributed by atoms with Gasteiger partial charge in [0.1, 0.15) is 0 Å². The molecular formula is C24H26N4O. The maximum absolute atomic E-state index is 12.4. The van der Waals surface area contributed by atoms with E-state index in [0.29, 0.717) is 6.54 Å². The molecule has 0 saturated heterocycles. The zero-order chi connectivity index (χ0) is 20.5. The number of imidazole rings is 1. The third-order valence-electron chi connectivity index (χ3n) is 5.54. The lowest BCUT2D eigenvalue weighted by molar-refractivity contribution is 0.934. The first-order valence-corrected chi connectivity index (χ1v) is 9.98. The molecule has 0 amide bonds. The van der Waals surface area contributed by atoms with Crippen LogP contribution in [0, 0.1) is 20.8 Å². The van der Waals surface area contributed by atoms with Crippen LogP contribution in [0.5, 0.6) is 0 Å². The molecular weight excluding hydrogens is 360 g/mol. The predicted octanol–water partition coefficient (Wildman–Crippen LogP) is 4.58. The second-order valence-electron chi connectivity index (χ2n) is 7.44. The fourth-order valence-electron chi connectivity index (χ4n) is 3.93. The van der Waals surface area contributed by atoms with Crippen LogP contribution in [0.3, 0.4) is 0 Å². The van der Waals surface area contributed by atoms with Gasteiger partial charge >= 0.3 is 0 Å². The van der Waals surface area contributed by atoms with Gasteiger partial charge in [0, 0.05) is 30.7 Å². The minimum atomic E-state index is -0.0533. The SMILES string of the molecule is CCc1c(C)nc2c(NCc3c(C)cccc3C)cc(-n3ccccc3=O)cn12. The molecule has 1 aromatic carbocycles. The Morgan fingerprint density at radius 1 is 1.03 bits per heavy atom. The monoisotopic (exact) mass is 386 g/mol. The van der Waals surface area contributed by atoms with Crippen LogP contribution in [0.4, 0.5) is 5.69 Å². The molecule has 1 N–H and O–H groups in total. The Morgan fingerprint density at radius 2 is 1.79 bits per heavy atom. The van der Waals surface area contributed by atoms with Crippen molar-refractivity contribution in [3.05, 3.63) is 93.3 Å². The molecule has 5 heteroatoms. The van der Waals surface area contributed by atoms with Crippen molar-refractivity contribution in [1.29, 1.82) is 0 Å². The highest BCUT2D eigenvalue weighted by molar-refractivity contribution is 5.72. The molecule has 4 aromatic rings. The van der Waals surface area contributed by atoms with Crippen molar-refractivity contribution in [2.24, 2.45) is 0 Å². The van der Waals surface area contributed by atoms with Crippen LogP contribution >= 0.6 is 0 Å². The Labute approximate surface area is 170 Å². The zero-order valence-corrected chi connectivity index (χ0v) is 17.4. The summed E-state index contributed by atoms with van der Waals surface area (Å²) >= 11 is 0. The van der Waals surface area contributed by atoms with Crippen molar-refractivity contribution in [2.45, 2.75) is 40.7 Å². The Balaban J connectivity index is 1.86. The lowest BCUT2D eigenvalue weighted by Gasteiger charge is -2.15. The van der Waals surface area contributed by atoms with Crippen molar-refractivity contribution >= 4 is 11.3 Å². The molecule has 4 rings (SSSR count). The number of pyridine rings is 2. The summed E-state index contributed by atoms with van der Waals surface area (Å²) in [4.78, 5) is 17.2. The van der Waals surface area contributed by atoms with E-state index in [0.717, 1.165) is 34.8 Å². The lowest BCUT2D eigenvalue weighted by Crippen LogP contribution is -2.17. The van der Waals surface area contributed by atoms with E-state index in [1.807, 2.05) is 25.3 Å².